The molecule has 0 aliphatic rings. The van der Waals surface area contributed by atoms with E-state index in [1.807, 2.05) is 83.8 Å². The maximum absolute atomic E-state index is 12.3. The number of carbonyl (C=O) groups is 1. The molecule has 0 saturated carbocycles. The van der Waals surface area contributed by atoms with Crippen molar-refractivity contribution in [3.63, 3.8) is 0 Å². The number of rotatable bonds is 5. The summed E-state index contributed by atoms with van der Waals surface area (Å²) in [7, 11) is 3.99. The Kier molecular flexibility index (Phi) is 4.77. The first kappa shape index (κ1) is 16.0. The van der Waals surface area contributed by atoms with Gasteiger partial charge >= 0.3 is 0 Å². The number of hydrogen-bond donors (Lipinski definition) is 1. The van der Waals surface area contributed by atoms with Crippen molar-refractivity contribution in [2.24, 2.45) is 5.10 Å². The topological polar surface area (TPSA) is 49.6 Å². The number of amides is 1. The fourth-order valence-electron chi connectivity index (χ4n) is 2.25. The van der Waals surface area contributed by atoms with Gasteiger partial charge in [0.1, 0.15) is 4.88 Å². The van der Waals surface area contributed by atoms with Crippen LogP contribution in [0.15, 0.2) is 65.3 Å². The van der Waals surface area contributed by atoms with Gasteiger partial charge in [0, 0.05) is 32.2 Å². The fourth-order valence-corrected chi connectivity index (χ4v) is 3.03. The van der Waals surface area contributed by atoms with E-state index < -0.39 is 0 Å². The van der Waals surface area contributed by atoms with E-state index in [0.29, 0.717) is 4.88 Å². The highest BCUT2D eigenvalue weighted by atomic mass is 32.1. The zero-order valence-electron chi connectivity index (χ0n) is 13.5. The summed E-state index contributed by atoms with van der Waals surface area (Å²) in [6.45, 7) is 0. The third kappa shape index (κ3) is 3.55. The van der Waals surface area contributed by atoms with Gasteiger partial charge in [0.25, 0.3) is 5.91 Å². The highest BCUT2D eigenvalue weighted by molar-refractivity contribution is 7.12. The van der Waals surface area contributed by atoms with Crippen LogP contribution in [0.4, 0.5) is 5.69 Å². The standard InChI is InChI=1S/C18H18N4OS/c1-21(2)15-7-5-14(6-8-15)13-19-20-18(23)17-16(9-12-24-17)22-10-3-4-11-22/h3-13H,1-2H3,(H,20,23)/b19-13-. The van der Waals surface area contributed by atoms with Crippen LogP contribution < -0.4 is 10.3 Å². The van der Waals surface area contributed by atoms with Gasteiger partial charge in [-0.1, -0.05) is 12.1 Å². The molecule has 0 fully saturated rings. The Labute approximate surface area is 144 Å². The summed E-state index contributed by atoms with van der Waals surface area (Å²) in [4.78, 5) is 15.0. The van der Waals surface area contributed by atoms with Gasteiger partial charge in [-0.25, -0.2) is 5.43 Å². The highest BCUT2D eigenvalue weighted by Crippen LogP contribution is 2.21. The van der Waals surface area contributed by atoms with Gasteiger partial charge in [-0.05, 0) is 41.3 Å². The molecular formula is C18H18N4OS. The van der Waals surface area contributed by atoms with Crippen LogP contribution >= 0.6 is 11.3 Å². The molecule has 122 valence electrons. The van der Waals surface area contributed by atoms with Crippen molar-refractivity contribution in [2.45, 2.75) is 0 Å². The van der Waals surface area contributed by atoms with Crippen LogP contribution in [-0.4, -0.2) is 30.8 Å². The summed E-state index contributed by atoms with van der Waals surface area (Å²) in [5, 5.41) is 5.95. The molecule has 2 heterocycles. The number of hydrogen-bond acceptors (Lipinski definition) is 4. The maximum atomic E-state index is 12.3. The second-order valence-corrected chi connectivity index (χ2v) is 6.33. The number of nitrogens with one attached hydrogen (secondary N) is 1. The number of aromatic nitrogens is 1. The lowest BCUT2D eigenvalue weighted by Gasteiger charge is -2.11. The monoisotopic (exact) mass is 338 g/mol. The predicted molar refractivity (Wildman–Crippen MR) is 99.5 cm³/mol. The van der Waals surface area contributed by atoms with Gasteiger partial charge in [-0.15, -0.1) is 11.3 Å². The Bertz CT molecular complexity index is 832. The van der Waals surface area contributed by atoms with Crippen LogP contribution in [0, 0.1) is 0 Å². The minimum absolute atomic E-state index is 0.213. The molecule has 0 saturated heterocycles. The van der Waals surface area contributed by atoms with Crippen LogP contribution in [-0.2, 0) is 0 Å². The molecule has 0 bridgehead atoms. The van der Waals surface area contributed by atoms with Gasteiger partial charge < -0.3 is 9.47 Å². The smallest absolute Gasteiger partial charge is 0.283 e. The number of thiophene rings is 1. The first-order valence-corrected chi connectivity index (χ1v) is 8.35. The summed E-state index contributed by atoms with van der Waals surface area (Å²) >= 11 is 1.40. The Balaban J connectivity index is 1.67. The zero-order chi connectivity index (χ0) is 16.9. The molecular weight excluding hydrogens is 320 g/mol. The number of carbonyl (C=O) groups excluding carboxylic acids is 1. The molecule has 1 aromatic carbocycles. The van der Waals surface area contributed by atoms with Gasteiger partial charge in [0.05, 0.1) is 11.9 Å². The van der Waals surface area contributed by atoms with Crippen molar-refractivity contribution >= 4 is 29.1 Å². The van der Waals surface area contributed by atoms with E-state index in [-0.39, 0.29) is 5.91 Å². The van der Waals surface area contributed by atoms with E-state index in [9.17, 15) is 4.79 Å². The molecule has 0 unspecified atom stereocenters. The molecule has 24 heavy (non-hydrogen) atoms. The average molecular weight is 338 g/mol. The minimum atomic E-state index is -0.213. The fraction of sp³-hybridized carbons (Fsp3) is 0.111. The van der Waals surface area contributed by atoms with Gasteiger partial charge in [-0.3, -0.25) is 4.79 Å². The van der Waals surface area contributed by atoms with E-state index in [1.165, 1.54) is 11.3 Å². The molecule has 1 amide bonds. The second-order valence-electron chi connectivity index (χ2n) is 5.41. The Morgan fingerprint density at radius 2 is 1.88 bits per heavy atom. The predicted octanol–water partition coefficient (Wildman–Crippen LogP) is 3.37. The first-order valence-electron chi connectivity index (χ1n) is 7.47. The summed E-state index contributed by atoms with van der Waals surface area (Å²) in [5.41, 5.74) is 5.49. The maximum Gasteiger partial charge on any atom is 0.283 e. The molecule has 6 heteroatoms. The molecule has 1 N–H and O–H groups in total. The molecule has 3 aromatic rings. The van der Waals surface area contributed by atoms with E-state index >= 15 is 0 Å². The van der Waals surface area contributed by atoms with Crippen LogP contribution in [0.25, 0.3) is 5.69 Å². The van der Waals surface area contributed by atoms with Crippen molar-refractivity contribution in [2.75, 3.05) is 19.0 Å². The van der Waals surface area contributed by atoms with Crippen molar-refractivity contribution in [3.05, 3.63) is 70.7 Å². The van der Waals surface area contributed by atoms with E-state index in [1.54, 1.807) is 6.21 Å². The molecule has 0 radical (unpaired) electrons. The lowest BCUT2D eigenvalue weighted by atomic mass is 10.2. The quantitative estimate of drug-likeness (QED) is 0.573. The summed E-state index contributed by atoms with van der Waals surface area (Å²) in [5.74, 6) is -0.213. The lowest BCUT2D eigenvalue weighted by molar-refractivity contribution is 0.0959. The summed E-state index contributed by atoms with van der Waals surface area (Å²) in [6, 6.07) is 13.7. The molecule has 3 rings (SSSR count). The van der Waals surface area contributed by atoms with Crippen molar-refractivity contribution < 1.29 is 4.79 Å². The third-order valence-corrected chi connectivity index (χ3v) is 4.42. The number of nitrogens with zero attached hydrogens (tertiary/aromatic N) is 3. The number of hydrazone groups is 1. The lowest BCUT2D eigenvalue weighted by Crippen LogP contribution is -2.17. The van der Waals surface area contributed by atoms with Crippen LogP contribution in [0.1, 0.15) is 15.2 Å². The Morgan fingerprint density at radius 3 is 2.54 bits per heavy atom. The Morgan fingerprint density at radius 1 is 1.17 bits per heavy atom. The molecule has 0 spiro atoms. The van der Waals surface area contributed by atoms with E-state index in [4.69, 9.17) is 0 Å². The summed E-state index contributed by atoms with van der Waals surface area (Å²) < 4.78 is 1.91. The van der Waals surface area contributed by atoms with Gasteiger partial charge in [-0.2, -0.15) is 5.10 Å². The van der Waals surface area contributed by atoms with Gasteiger partial charge in [0.2, 0.25) is 0 Å². The third-order valence-electron chi connectivity index (χ3n) is 3.52. The number of anilines is 1. The molecule has 5 nitrogen and oxygen atoms in total. The van der Waals surface area contributed by atoms with Crippen LogP contribution in [0.3, 0.4) is 0 Å². The molecule has 2 aromatic heterocycles. The van der Waals surface area contributed by atoms with E-state index in [2.05, 4.69) is 10.5 Å². The minimum Gasteiger partial charge on any atom is -0.378 e. The molecule has 0 aliphatic carbocycles. The molecule has 0 atom stereocenters. The van der Waals surface area contributed by atoms with Crippen LogP contribution in [0.5, 0.6) is 0 Å². The highest BCUT2D eigenvalue weighted by Gasteiger charge is 2.13. The largest absolute Gasteiger partial charge is 0.378 e. The van der Waals surface area contributed by atoms with Crippen molar-refractivity contribution in [3.8, 4) is 5.69 Å². The van der Waals surface area contributed by atoms with Gasteiger partial charge in [0.15, 0.2) is 0 Å². The van der Waals surface area contributed by atoms with E-state index in [0.717, 1.165) is 16.9 Å². The first-order chi connectivity index (χ1) is 11.6. The summed E-state index contributed by atoms with van der Waals surface area (Å²) in [6.07, 6.45) is 5.46. The van der Waals surface area contributed by atoms with Crippen LogP contribution in [0.2, 0.25) is 0 Å². The van der Waals surface area contributed by atoms with Crippen molar-refractivity contribution in [1.29, 1.82) is 0 Å². The number of benzene rings is 1. The molecule has 0 aliphatic heterocycles. The zero-order valence-corrected chi connectivity index (χ0v) is 14.3. The van der Waals surface area contributed by atoms with Crippen molar-refractivity contribution in [1.82, 2.24) is 9.99 Å². The Hall–Kier alpha value is -2.86. The SMILES string of the molecule is CN(C)c1ccc(/C=N\NC(=O)c2sccc2-n2cccc2)cc1. The average Bonchev–Trinajstić information content (AvgIpc) is 3.26. The second kappa shape index (κ2) is 7.14. The normalized spacial score (nSPS) is 10.9.